The Morgan fingerprint density at radius 3 is 3.00 bits per heavy atom. The molecule has 0 fully saturated rings. The Kier molecular flexibility index (Phi) is 4.35. The van der Waals surface area contributed by atoms with Crippen LogP contribution in [0.3, 0.4) is 0 Å². The van der Waals surface area contributed by atoms with Crippen LogP contribution in [-0.2, 0) is 13.5 Å². The normalized spacial score (nSPS) is 10.2. The number of aromatic nitrogens is 3. The first-order chi connectivity index (χ1) is 9.16. The third-order valence-electron chi connectivity index (χ3n) is 2.41. The van der Waals surface area contributed by atoms with E-state index in [1.165, 1.54) is 10.9 Å². The van der Waals surface area contributed by atoms with Gasteiger partial charge in [-0.15, -0.1) is 0 Å². The Morgan fingerprint density at radius 2 is 2.37 bits per heavy atom. The first-order valence-corrected chi connectivity index (χ1v) is 6.07. The van der Waals surface area contributed by atoms with E-state index < -0.39 is 6.09 Å². The van der Waals surface area contributed by atoms with E-state index in [-0.39, 0.29) is 10.9 Å². The molecule has 0 atom stereocenters. The van der Waals surface area contributed by atoms with Crippen molar-refractivity contribution in [2.45, 2.75) is 6.42 Å². The molecule has 0 spiro atoms. The lowest BCUT2D eigenvalue weighted by atomic mass is 10.3. The summed E-state index contributed by atoms with van der Waals surface area (Å²) in [5.41, 5.74) is 0.905. The maximum Gasteiger partial charge on any atom is 0.412 e. The number of carbonyl (C=O) groups excluding carboxylic acids is 1. The molecule has 1 amide bonds. The van der Waals surface area contributed by atoms with E-state index in [4.69, 9.17) is 16.3 Å². The van der Waals surface area contributed by atoms with Gasteiger partial charge in [-0.25, -0.2) is 4.79 Å². The van der Waals surface area contributed by atoms with E-state index in [2.05, 4.69) is 15.4 Å². The lowest BCUT2D eigenvalue weighted by Crippen LogP contribution is -2.28. The number of carbonyl (C=O) groups is 1. The summed E-state index contributed by atoms with van der Waals surface area (Å²) in [7, 11) is 1.66. The minimum atomic E-state index is -0.564. The van der Waals surface area contributed by atoms with Crippen LogP contribution in [0, 0.1) is 0 Å². The number of nitrogens with zero attached hydrogens (tertiary/aromatic N) is 3. The van der Waals surface area contributed by atoms with Crippen LogP contribution >= 0.6 is 11.6 Å². The highest BCUT2D eigenvalue weighted by Gasteiger charge is 2.11. The third-order valence-corrected chi connectivity index (χ3v) is 2.85. The lowest BCUT2D eigenvalue weighted by Gasteiger charge is -2.05. The lowest BCUT2D eigenvalue weighted by molar-refractivity contribution is 0.200. The van der Waals surface area contributed by atoms with Gasteiger partial charge < -0.3 is 10.1 Å². The predicted octanol–water partition coefficient (Wildman–Crippen LogP) is 1.80. The summed E-state index contributed by atoms with van der Waals surface area (Å²) in [6.07, 6.45) is 3.17. The molecule has 0 saturated heterocycles. The van der Waals surface area contributed by atoms with Crippen molar-refractivity contribution in [3.8, 4) is 5.75 Å². The highest BCUT2D eigenvalue weighted by atomic mass is 35.5. The van der Waals surface area contributed by atoms with Gasteiger partial charge in [0.2, 0.25) is 0 Å². The molecule has 0 saturated carbocycles. The number of halogens is 1. The molecule has 0 aromatic carbocycles. The molecule has 1 N–H and O–H groups in total. The number of amides is 1. The molecule has 19 heavy (non-hydrogen) atoms. The van der Waals surface area contributed by atoms with Gasteiger partial charge in [0.05, 0.1) is 6.20 Å². The second-order valence-corrected chi connectivity index (χ2v) is 4.17. The average molecular weight is 281 g/mol. The van der Waals surface area contributed by atoms with Gasteiger partial charge in [-0.3, -0.25) is 9.67 Å². The molecule has 0 unspecified atom stereocenters. The van der Waals surface area contributed by atoms with Gasteiger partial charge in [0.1, 0.15) is 0 Å². The summed E-state index contributed by atoms with van der Waals surface area (Å²) in [6.45, 7) is 0.438. The van der Waals surface area contributed by atoms with Crippen molar-refractivity contribution in [2.24, 2.45) is 7.05 Å². The second-order valence-electron chi connectivity index (χ2n) is 3.81. The SMILES string of the molecule is Cn1ncc(OC(=O)NCCc2ccccn2)c1Cl. The van der Waals surface area contributed by atoms with Gasteiger partial charge in [-0.1, -0.05) is 17.7 Å². The molecule has 100 valence electrons. The Bertz CT molecular complexity index is 556. The van der Waals surface area contributed by atoms with Gasteiger partial charge in [0.25, 0.3) is 0 Å². The Labute approximate surface area is 115 Å². The summed E-state index contributed by atoms with van der Waals surface area (Å²) in [6, 6.07) is 5.64. The van der Waals surface area contributed by atoms with Crippen molar-refractivity contribution >= 4 is 17.7 Å². The molecular formula is C12H13ClN4O2. The molecule has 0 bridgehead atoms. The molecule has 2 heterocycles. The molecule has 7 heteroatoms. The van der Waals surface area contributed by atoms with Gasteiger partial charge in [0.15, 0.2) is 10.9 Å². The summed E-state index contributed by atoms with van der Waals surface area (Å²) in [5.74, 6) is 0.236. The van der Waals surface area contributed by atoms with Crippen molar-refractivity contribution in [1.29, 1.82) is 0 Å². The van der Waals surface area contributed by atoms with Gasteiger partial charge in [0, 0.05) is 31.9 Å². The largest absolute Gasteiger partial charge is 0.412 e. The smallest absolute Gasteiger partial charge is 0.405 e. The van der Waals surface area contributed by atoms with Crippen LogP contribution in [0.2, 0.25) is 5.15 Å². The van der Waals surface area contributed by atoms with Crippen molar-refractivity contribution in [1.82, 2.24) is 20.1 Å². The Balaban J connectivity index is 1.78. The Morgan fingerprint density at radius 1 is 1.53 bits per heavy atom. The van der Waals surface area contributed by atoms with Crippen LogP contribution in [0.15, 0.2) is 30.6 Å². The molecule has 2 rings (SSSR count). The van der Waals surface area contributed by atoms with Crippen molar-refractivity contribution in [3.05, 3.63) is 41.4 Å². The van der Waals surface area contributed by atoms with Gasteiger partial charge in [-0.05, 0) is 12.1 Å². The number of aryl methyl sites for hydroxylation is 1. The zero-order valence-electron chi connectivity index (χ0n) is 10.3. The standard InChI is InChI=1S/C12H13ClN4O2/c1-17-11(13)10(8-16-17)19-12(18)15-7-5-9-4-2-3-6-14-9/h2-4,6,8H,5,7H2,1H3,(H,15,18). The molecule has 2 aromatic rings. The van der Waals surface area contributed by atoms with E-state index in [0.717, 1.165) is 5.69 Å². The fourth-order valence-corrected chi connectivity index (χ4v) is 1.58. The maximum absolute atomic E-state index is 11.5. The zero-order chi connectivity index (χ0) is 13.7. The van der Waals surface area contributed by atoms with E-state index in [1.54, 1.807) is 13.2 Å². The summed E-state index contributed by atoms with van der Waals surface area (Å²) in [5, 5.41) is 6.76. The van der Waals surface area contributed by atoms with Crippen molar-refractivity contribution in [3.63, 3.8) is 0 Å². The highest BCUT2D eigenvalue weighted by Crippen LogP contribution is 2.22. The summed E-state index contributed by atoms with van der Waals surface area (Å²) < 4.78 is 6.43. The zero-order valence-corrected chi connectivity index (χ0v) is 11.1. The fraction of sp³-hybridized carbons (Fsp3) is 0.250. The van der Waals surface area contributed by atoms with Crippen molar-refractivity contribution in [2.75, 3.05) is 6.54 Å². The molecular weight excluding hydrogens is 268 g/mol. The molecule has 0 radical (unpaired) electrons. The van der Waals surface area contributed by atoms with Crippen LogP contribution in [0.5, 0.6) is 5.75 Å². The first kappa shape index (κ1) is 13.4. The number of rotatable bonds is 4. The number of hydrogen-bond acceptors (Lipinski definition) is 4. The van der Waals surface area contributed by atoms with Crippen LogP contribution in [-0.4, -0.2) is 27.4 Å². The molecule has 0 aliphatic heterocycles. The van der Waals surface area contributed by atoms with Crippen LogP contribution < -0.4 is 10.1 Å². The number of hydrogen-bond donors (Lipinski definition) is 1. The summed E-state index contributed by atoms with van der Waals surface area (Å²) in [4.78, 5) is 15.7. The minimum absolute atomic E-state index is 0.236. The average Bonchev–Trinajstić information content (AvgIpc) is 2.72. The van der Waals surface area contributed by atoms with Crippen LogP contribution in [0.1, 0.15) is 5.69 Å². The molecule has 0 aliphatic rings. The summed E-state index contributed by atoms with van der Waals surface area (Å²) >= 11 is 5.87. The molecule has 6 nitrogen and oxygen atoms in total. The van der Waals surface area contributed by atoms with E-state index in [1.807, 2.05) is 18.2 Å². The van der Waals surface area contributed by atoms with Crippen molar-refractivity contribution < 1.29 is 9.53 Å². The molecule has 2 aromatic heterocycles. The third kappa shape index (κ3) is 3.69. The van der Waals surface area contributed by atoms with Gasteiger partial charge in [-0.2, -0.15) is 5.10 Å². The quantitative estimate of drug-likeness (QED) is 0.927. The number of pyridine rings is 1. The van der Waals surface area contributed by atoms with Gasteiger partial charge >= 0.3 is 6.09 Å². The highest BCUT2D eigenvalue weighted by molar-refractivity contribution is 6.31. The second kappa shape index (κ2) is 6.19. The van der Waals surface area contributed by atoms with Crippen LogP contribution in [0.4, 0.5) is 4.79 Å². The Hall–Kier alpha value is -2.08. The molecule has 0 aliphatic carbocycles. The topological polar surface area (TPSA) is 69.0 Å². The predicted molar refractivity (Wildman–Crippen MR) is 70.2 cm³/mol. The minimum Gasteiger partial charge on any atom is -0.405 e. The number of ether oxygens (including phenoxy) is 1. The maximum atomic E-state index is 11.5. The monoisotopic (exact) mass is 280 g/mol. The van der Waals surface area contributed by atoms with E-state index in [0.29, 0.717) is 13.0 Å². The number of nitrogens with one attached hydrogen (secondary N) is 1. The fourth-order valence-electron chi connectivity index (χ4n) is 1.45. The van der Waals surface area contributed by atoms with E-state index in [9.17, 15) is 4.79 Å². The first-order valence-electron chi connectivity index (χ1n) is 5.70. The van der Waals surface area contributed by atoms with E-state index >= 15 is 0 Å². The van der Waals surface area contributed by atoms with Crippen LogP contribution in [0.25, 0.3) is 0 Å².